The fourth-order valence-corrected chi connectivity index (χ4v) is 2.23. The lowest BCUT2D eigenvalue weighted by molar-refractivity contribution is 0.137. The molecule has 0 spiro atoms. The topological polar surface area (TPSA) is 6.48 Å². The fraction of sp³-hybridized carbons (Fsp3) is 0.467. The lowest BCUT2D eigenvalue weighted by atomic mass is 10.2. The molecule has 1 aliphatic heterocycles. The van der Waals surface area contributed by atoms with Gasteiger partial charge in [-0.2, -0.15) is 0 Å². The standard InChI is InChI=1S/C15H22N2/c1-2-3-9-16-10-12-17(13-11-16)14-15-7-5-4-6-8-15/h2-8H,9-14H2,1H3/b3-2+. The van der Waals surface area contributed by atoms with Crippen molar-refractivity contribution in [1.29, 1.82) is 0 Å². The third-order valence-electron chi connectivity index (χ3n) is 3.31. The van der Waals surface area contributed by atoms with E-state index in [1.165, 1.54) is 31.7 Å². The molecular formula is C15H22N2. The summed E-state index contributed by atoms with van der Waals surface area (Å²) in [7, 11) is 0. The summed E-state index contributed by atoms with van der Waals surface area (Å²) in [6.07, 6.45) is 4.38. The van der Waals surface area contributed by atoms with Crippen molar-refractivity contribution in [3.63, 3.8) is 0 Å². The number of rotatable bonds is 4. The molecule has 2 heteroatoms. The molecule has 2 rings (SSSR count). The predicted octanol–water partition coefficient (Wildman–Crippen LogP) is 2.38. The number of hydrogen-bond donors (Lipinski definition) is 0. The molecule has 1 aromatic rings. The van der Waals surface area contributed by atoms with Crippen molar-refractivity contribution >= 4 is 0 Å². The molecule has 92 valence electrons. The number of benzene rings is 1. The normalized spacial score (nSPS) is 18.9. The van der Waals surface area contributed by atoms with E-state index in [4.69, 9.17) is 0 Å². The van der Waals surface area contributed by atoms with E-state index in [0.29, 0.717) is 0 Å². The molecule has 1 aliphatic rings. The van der Waals surface area contributed by atoms with E-state index < -0.39 is 0 Å². The van der Waals surface area contributed by atoms with Crippen LogP contribution in [-0.4, -0.2) is 42.5 Å². The van der Waals surface area contributed by atoms with Gasteiger partial charge in [-0.15, -0.1) is 0 Å². The van der Waals surface area contributed by atoms with Crippen LogP contribution in [0.4, 0.5) is 0 Å². The first-order chi connectivity index (χ1) is 8.38. The van der Waals surface area contributed by atoms with Crippen LogP contribution in [0.2, 0.25) is 0 Å². The highest BCUT2D eigenvalue weighted by atomic mass is 15.3. The van der Waals surface area contributed by atoms with Crippen molar-refractivity contribution in [1.82, 2.24) is 9.80 Å². The van der Waals surface area contributed by atoms with Crippen molar-refractivity contribution in [3.05, 3.63) is 48.0 Å². The lowest BCUT2D eigenvalue weighted by Crippen LogP contribution is -2.45. The molecule has 2 nitrogen and oxygen atoms in total. The van der Waals surface area contributed by atoms with Gasteiger partial charge in [0.2, 0.25) is 0 Å². The summed E-state index contributed by atoms with van der Waals surface area (Å²) in [5.74, 6) is 0. The van der Waals surface area contributed by atoms with Crippen LogP contribution in [0.3, 0.4) is 0 Å². The molecule has 1 fully saturated rings. The largest absolute Gasteiger partial charge is 0.297 e. The van der Waals surface area contributed by atoms with E-state index in [2.05, 4.69) is 59.2 Å². The van der Waals surface area contributed by atoms with Crippen LogP contribution >= 0.6 is 0 Å². The van der Waals surface area contributed by atoms with E-state index in [1.54, 1.807) is 0 Å². The summed E-state index contributed by atoms with van der Waals surface area (Å²) in [5.41, 5.74) is 1.43. The molecule has 0 N–H and O–H groups in total. The molecular weight excluding hydrogens is 208 g/mol. The summed E-state index contributed by atoms with van der Waals surface area (Å²) in [6.45, 7) is 9.05. The number of hydrogen-bond acceptors (Lipinski definition) is 2. The van der Waals surface area contributed by atoms with Gasteiger partial charge in [0.15, 0.2) is 0 Å². The first-order valence-electron chi connectivity index (χ1n) is 6.48. The average Bonchev–Trinajstić information content (AvgIpc) is 2.39. The van der Waals surface area contributed by atoms with Gasteiger partial charge in [-0.05, 0) is 12.5 Å². The number of nitrogens with zero attached hydrogens (tertiary/aromatic N) is 2. The second-order valence-electron chi connectivity index (χ2n) is 4.63. The van der Waals surface area contributed by atoms with Crippen molar-refractivity contribution < 1.29 is 0 Å². The Balaban J connectivity index is 1.76. The zero-order valence-electron chi connectivity index (χ0n) is 10.7. The minimum absolute atomic E-state index is 1.10. The minimum atomic E-state index is 1.10. The molecule has 0 saturated carbocycles. The Morgan fingerprint density at radius 1 is 1.00 bits per heavy atom. The molecule has 17 heavy (non-hydrogen) atoms. The van der Waals surface area contributed by atoms with Gasteiger partial charge in [0.1, 0.15) is 0 Å². The van der Waals surface area contributed by atoms with E-state index in [9.17, 15) is 0 Å². The molecule has 0 bridgehead atoms. The van der Waals surface area contributed by atoms with Crippen LogP contribution in [-0.2, 0) is 6.54 Å². The van der Waals surface area contributed by atoms with Gasteiger partial charge in [0, 0.05) is 39.3 Å². The second kappa shape index (κ2) is 6.58. The highest BCUT2D eigenvalue weighted by Gasteiger charge is 2.15. The Hall–Kier alpha value is -1.12. The molecule has 0 unspecified atom stereocenters. The third-order valence-corrected chi connectivity index (χ3v) is 3.31. The zero-order chi connectivity index (χ0) is 11.9. The van der Waals surface area contributed by atoms with Crippen molar-refractivity contribution in [3.8, 4) is 0 Å². The van der Waals surface area contributed by atoms with E-state index in [-0.39, 0.29) is 0 Å². The Morgan fingerprint density at radius 2 is 1.65 bits per heavy atom. The Labute approximate surface area is 105 Å². The number of allylic oxidation sites excluding steroid dienone is 1. The quantitative estimate of drug-likeness (QED) is 0.733. The number of piperazine rings is 1. The van der Waals surface area contributed by atoms with Crippen LogP contribution < -0.4 is 0 Å². The first kappa shape index (κ1) is 12.3. The Bertz CT molecular complexity index is 337. The highest BCUT2D eigenvalue weighted by Crippen LogP contribution is 2.08. The fourth-order valence-electron chi connectivity index (χ4n) is 2.23. The summed E-state index contributed by atoms with van der Waals surface area (Å²) in [5, 5.41) is 0. The molecule has 0 aromatic heterocycles. The summed E-state index contributed by atoms with van der Waals surface area (Å²) < 4.78 is 0. The van der Waals surface area contributed by atoms with E-state index in [0.717, 1.165) is 13.1 Å². The smallest absolute Gasteiger partial charge is 0.0234 e. The van der Waals surface area contributed by atoms with Crippen molar-refractivity contribution in [2.45, 2.75) is 13.5 Å². The average molecular weight is 230 g/mol. The lowest BCUT2D eigenvalue weighted by Gasteiger charge is -2.34. The minimum Gasteiger partial charge on any atom is -0.297 e. The summed E-state index contributed by atoms with van der Waals surface area (Å²) in [6, 6.07) is 10.8. The van der Waals surface area contributed by atoms with Gasteiger partial charge in [-0.1, -0.05) is 42.5 Å². The van der Waals surface area contributed by atoms with Crippen LogP contribution in [0.25, 0.3) is 0 Å². The van der Waals surface area contributed by atoms with Crippen molar-refractivity contribution in [2.75, 3.05) is 32.7 Å². The van der Waals surface area contributed by atoms with Crippen molar-refractivity contribution in [2.24, 2.45) is 0 Å². The van der Waals surface area contributed by atoms with Gasteiger partial charge in [-0.3, -0.25) is 9.80 Å². The predicted molar refractivity (Wildman–Crippen MR) is 73.0 cm³/mol. The highest BCUT2D eigenvalue weighted by molar-refractivity contribution is 5.14. The van der Waals surface area contributed by atoms with Crippen LogP contribution in [0, 0.1) is 0 Å². The van der Waals surface area contributed by atoms with Crippen LogP contribution in [0.1, 0.15) is 12.5 Å². The molecule has 0 aliphatic carbocycles. The maximum absolute atomic E-state index is 2.54. The monoisotopic (exact) mass is 230 g/mol. The zero-order valence-corrected chi connectivity index (χ0v) is 10.7. The maximum atomic E-state index is 2.54. The van der Waals surface area contributed by atoms with E-state index in [1.807, 2.05) is 0 Å². The van der Waals surface area contributed by atoms with Gasteiger partial charge >= 0.3 is 0 Å². The van der Waals surface area contributed by atoms with Crippen LogP contribution in [0.5, 0.6) is 0 Å². The van der Waals surface area contributed by atoms with Gasteiger partial charge < -0.3 is 0 Å². The molecule has 1 heterocycles. The first-order valence-corrected chi connectivity index (χ1v) is 6.48. The summed E-state index contributed by atoms with van der Waals surface area (Å²) >= 11 is 0. The molecule has 0 radical (unpaired) electrons. The van der Waals surface area contributed by atoms with Gasteiger partial charge in [0.25, 0.3) is 0 Å². The molecule has 1 aromatic carbocycles. The molecule has 0 atom stereocenters. The molecule has 1 saturated heterocycles. The van der Waals surface area contributed by atoms with Gasteiger partial charge in [-0.25, -0.2) is 0 Å². The van der Waals surface area contributed by atoms with E-state index >= 15 is 0 Å². The SMILES string of the molecule is C/C=C/CN1CCN(Cc2ccccc2)CC1. The third kappa shape index (κ3) is 3.99. The second-order valence-corrected chi connectivity index (χ2v) is 4.63. The maximum Gasteiger partial charge on any atom is 0.0234 e. The van der Waals surface area contributed by atoms with Gasteiger partial charge in [0.05, 0.1) is 0 Å². The van der Waals surface area contributed by atoms with Crippen LogP contribution in [0.15, 0.2) is 42.5 Å². The summed E-state index contributed by atoms with van der Waals surface area (Å²) in [4.78, 5) is 5.06. The Morgan fingerprint density at radius 3 is 2.29 bits per heavy atom. The molecule has 0 amide bonds. The Kier molecular flexibility index (Phi) is 4.77.